The van der Waals surface area contributed by atoms with Crippen molar-refractivity contribution in [1.82, 2.24) is 5.43 Å². The highest BCUT2D eigenvalue weighted by atomic mass is 127. The number of hydrogen-bond donors (Lipinski definition) is 1. The molecule has 4 aromatic rings. The molecular formula is C23H16BrIN2O3. The van der Waals surface area contributed by atoms with Crippen LogP contribution in [-0.2, 0) is 6.61 Å². The van der Waals surface area contributed by atoms with Crippen LogP contribution in [0, 0.1) is 3.57 Å². The third kappa shape index (κ3) is 5.09. The SMILES string of the molecule is O=C(N/N=C\c1ccc(OCc2ccccc2)cc1)c1cc2cc(Br)cc(I)c2o1. The van der Waals surface area contributed by atoms with Gasteiger partial charge < -0.3 is 9.15 Å². The van der Waals surface area contributed by atoms with E-state index in [1.54, 1.807) is 12.3 Å². The highest BCUT2D eigenvalue weighted by Crippen LogP contribution is 2.28. The molecule has 0 aliphatic carbocycles. The van der Waals surface area contributed by atoms with Crippen molar-refractivity contribution in [2.24, 2.45) is 5.10 Å². The quantitative estimate of drug-likeness (QED) is 0.171. The number of amides is 1. The van der Waals surface area contributed by atoms with Gasteiger partial charge in [-0.3, -0.25) is 4.79 Å². The van der Waals surface area contributed by atoms with Crippen LogP contribution in [0.15, 0.2) is 86.8 Å². The lowest BCUT2D eigenvalue weighted by Gasteiger charge is -2.06. The number of benzene rings is 3. The fraction of sp³-hybridized carbons (Fsp3) is 0.0435. The minimum Gasteiger partial charge on any atom is -0.489 e. The number of carbonyl (C=O) groups excluding carboxylic acids is 1. The van der Waals surface area contributed by atoms with Gasteiger partial charge in [0.2, 0.25) is 0 Å². The zero-order valence-corrected chi connectivity index (χ0v) is 19.4. The van der Waals surface area contributed by atoms with Gasteiger partial charge in [-0.1, -0.05) is 46.3 Å². The van der Waals surface area contributed by atoms with E-state index in [2.05, 4.69) is 49.0 Å². The van der Waals surface area contributed by atoms with E-state index in [4.69, 9.17) is 9.15 Å². The molecule has 1 N–H and O–H groups in total. The van der Waals surface area contributed by atoms with E-state index in [1.165, 1.54) is 0 Å². The zero-order valence-electron chi connectivity index (χ0n) is 15.6. The number of nitrogens with one attached hydrogen (secondary N) is 1. The number of nitrogens with zero attached hydrogens (tertiary/aromatic N) is 1. The second-order valence-electron chi connectivity index (χ2n) is 6.46. The number of fused-ring (bicyclic) bond motifs is 1. The second kappa shape index (κ2) is 9.44. The maximum absolute atomic E-state index is 12.3. The number of hydrazone groups is 1. The van der Waals surface area contributed by atoms with E-state index in [-0.39, 0.29) is 5.76 Å². The van der Waals surface area contributed by atoms with Crippen LogP contribution >= 0.6 is 38.5 Å². The highest BCUT2D eigenvalue weighted by Gasteiger charge is 2.14. The normalized spacial score (nSPS) is 11.1. The number of furan rings is 1. The Morgan fingerprint density at radius 3 is 2.63 bits per heavy atom. The predicted molar refractivity (Wildman–Crippen MR) is 129 cm³/mol. The Balaban J connectivity index is 1.35. The molecule has 5 nitrogen and oxygen atoms in total. The molecule has 7 heteroatoms. The maximum Gasteiger partial charge on any atom is 0.307 e. The van der Waals surface area contributed by atoms with E-state index in [9.17, 15) is 4.79 Å². The average molecular weight is 575 g/mol. The van der Waals surface area contributed by atoms with Crippen molar-refractivity contribution in [3.63, 3.8) is 0 Å². The number of halogens is 2. The van der Waals surface area contributed by atoms with Gasteiger partial charge in [0.25, 0.3) is 0 Å². The molecule has 150 valence electrons. The molecule has 1 amide bonds. The zero-order chi connectivity index (χ0) is 20.9. The summed E-state index contributed by atoms with van der Waals surface area (Å²) in [5.74, 6) is 0.572. The first-order valence-corrected chi connectivity index (χ1v) is 10.9. The summed E-state index contributed by atoms with van der Waals surface area (Å²) >= 11 is 5.62. The molecule has 0 unspecified atom stereocenters. The molecule has 0 fully saturated rings. The molecule has 3 aromatic carbocycles. The first kappa shape index (κ1) is 20.6. The molecule has 0 saturated carbocycles. The number of carbonyl (C=O) groups is 1. The van der Waals surface area contributed by atoms with Gasteiger partial charge in [-0.05, 0) is 76.2 Å². The van der Waals surface area contributed by atoms with Gasteiger partial charge in [-0.15, -0.1) is 0 Å². The molecule has 0 atom stereocenters. The van der Waals surface area contributed by atoms with Crippen molar-refractivity contribution in [3.8, 4) is 5.75 Å². The van der Waals surface area contributed by atoms with E-state index in [0.29, 0.717) is 12.2 Å². The van der Waals surface area contributed by atoms with Gasteiger partial charge in [0, 0.05) is 9.86 Å². The molecule has 4 rings (SSSR count). The molecule has 1 heterocycles. The summed E-state index contributed by atoms with van der Waals surface area (Å²) in [6.45, 7) is 0.511. The smallest absolute Gasteiger partial charge is 0.307 e. The van der Waals surface area contributed by atoms with Crippen molar-refractivity contribution >= 4 is 61.6 Å². The molecular weight excluding hydrogens is 559 g/mol. The Labute approximate surface area is 195 Å². The summed E-state index contributed by atoms with van der Waals surface area (Å²) in [7, 11) is 0. The summed E-state index contributed by atoms with van der Waals surface area (Å²) in [5, 5.41) is 4.87. The Bertz CT molecular complexity index is 1200. The third-order valence-corrected chi connectivity index (χ3v) is 5.53. The summed E-state index contributed by atoms with van der Waals surface area (Å²) in [4.78, 5) is 12.3. The average Bonchev–Trinajstić information content (AvgIpc) is 3.18. The molecule has 0 aliphatic heterocycles. The molecule has 0 spiro atoms. The molecule has 30 heavy (non-hydrogen) atoms. The van der Waals surface area contributed by atoms with Crippen LogP contribution in [0.3, 0.4) is 0 Å². The molecule has 0 bridgehead atoms. The van der Waals surface area contributed by atoms with Crippen LogP contribution in [0.25, 0.3) is 11.0 Å². The lowest BCUT2D eigenvalue weighted by Crippen LogP contribution is -2.16. The van der Waals surface area contributed by atoms with Crippen LogP contribution in [0.2, 0.25) is 0 Å². The second-order valence-corrected chi connectivity index (χ2v) is 8.54. The van der Waals surface area contributed by atoms with Crippen molar-refractivity contribution in [1.29, 1.82) is 0 Å². The standard InChI is InChI=1S/C23H16BrIN2O3/c24-18-10-17-11-21(30-22(17)20(25)12-18)23(28)27-26-13-15-6-8-19(9-7-15)29-14-16-4-2-1-3-5-16/h1-13H,14H2,(H,27,28)/b26-13-. The van der Waals surface area contributed by atoms with Crippen molar-refractivity contribution < 1.29 is 13.9 Å². The Morgan fingerprint density at radius 2 is 1.87 bits per heavy atom. The Morgan fingerprint density at radius 1 is 1.10 bits per heavy atom. The van der Waals surface area contributed by atoms with Gasteiger partial charge in [0.1, 0.15) is 17.9 Å². The van der Waals surface area contributed by atoms with Crippen LogP contribution in [0.4, 0.5) is 0 Å². The highest BCUT2D eigenvalue weighted by molar-refractivity contribution is 14.1. The van der Waals surface area contributed by atoms with Crippen LogP contribution in [0.5, 0.6) is 5.75 Å². The Hall–Kier alpha value is -2.65. The molecule has 0 radical (unpaired) electrons. The topological polar surface area (TPSA) is 63.8 Å². The van der Waals surface area contributed by atoms with Gasteiger partial charge in [-0.2, -0.15) is 5.10 Å². The van der Waals surface area contributed by atoms with E-state index < -0.39 is 5.91 Å². The van der Waals surface area contributed by atoms with Crippen LogP contribution < -0.4 is 10.2 Å². The third-order valence-electron chi connectivity index (χ3n) is 4.27. The first-order valence-electron chi connectivity index (χ1n) is 9.07. The molecule has 1 aromatic heterocycles. The van der Waals surface area contributed by atoms with E-state index >= 15 is 0 Å². The predicted octanol–water partition coefficient (Wildman–Crippen LogP) is 6.14. The minimum absolute atomic E-state index is 0.211. The largest absolute Gasteiger partial charge is 0.489 e. The van der Waals surface area contributed by atoms with E-state index in [0.717, 1.165) is 30.3 Å². The van der Waals surface area contributed by atoms with E-state index in [1.807, 2.05) is 66.7 Å². The Kier molecular flexibility index (Phi) is 6.49. The van der Waals surface area contributed by atoms with Gasteiger partial charge >= 0.3 is 5.91 Å². The number of hydrogen-bond acceptors (Lipinski definition) is 4. The van der Waals surface area contributed by atoms with Crippen LogP contribution in [-0.4, -0.2) is 12.1 Å². The number of rotatable bonds is 6. The monoisotopic (exact) mass is 574 g/mol. The molecule has 0 aliphatic rings. The lowest BCUT2D eigenvalue weighted by atomic mass is 10.2. The lowest BCUT2D eigenvalue weighted by molar-refractivity contribution is 0.0929. The van der Waals surface area contributed by atoms with Gasteiger partial charge in [0.15, 0.2) is 5.76 Å². The fourth-order valence-corrected chi connectivity index (χ4v) is 4.46. The fourth-order valence-electron chi connectivity index (χ4n) is 2.80. The van der Waals surface area contributed by atoms with Crippen molar-refractivity contribution in [2.75, 3.05) is 0 Å². The summed E-state index contributed by atoms with van der Waals surface area (Å²) < 4.78 is 13.3. The van der Waals surface area contributed by atoms with Crippen molar-refractivity contribution in [3.05, 3.63) is 97.7 Å². The van der Waals surface area contributed by atoms with Crippen LogP contribution in [0.1, 0.15) is 21.7 Å². The first-order chi connectivity index (χ1) is 14.6. The van der Waals surface area contributed by atoms with Crippen molar-refractivity contribution in [2.45, 2.75) is 6.61 Å². The number of ether oxygens (including phenoxy) is 1. The summed E-state index contributed by atoms with van der Waals surface area (Å²) in [6.07, 6.45) is 1.57. The maximum atomic E-state index is 12.3. The summed E-state index contributed by atoms with van der Waals surface area (Å²) in [6, 6.07) is 23.0. The molecule has 0 saturated heterocycles. The van der Waals surface area contributed by atoms with Gasteiger partial charge in [-0.25, -0.2) is 5.43 Å². The van der Waals surface area contributed by atoms with Gasteiger partial charge in [0.05, 0.1) is 9.78 Å². The minimum atomic E-state index is -0.405. The summed E-state index contributed by atoms with van der Waals surface area (Å²) in [5.41, 5.74) is 5.12.